The molecule has 15 heavy (non-hydrogen) atoms. The molecule has 0 spiro atoms. The number of hydrogen-bond donors (Lipinski definition) is 2. The summed E-state index contributed by atoms with van der Waals surface area (Å²) < 4.78 is 1.76. The van der Waals surface area contributed by atoms with Gasteiger partial charge >= 0.3 is 0 Å². The van der Waals surface area contributed by atoms with Crippen LogP contribution in [0.1, 0.15) is 5.56 Å². The van der Waals surface area contributed by atoms with E-state index in [1.54, 1.807) is 16.0 Å². The molecule has 5 heteroatoms. The summed E-state index contributed by atoms with van der Waals surface area (Å²) >= 11 is 1.64. The number of thiophene rings is 1. The Morgan fingerprint density at radius 3 is 3.07 bits per heavy atom. The maximum atomic E-state index is 7.31. The molecule has 0 aliphatic carbocycles. The van der Waals surface area contributed by atoms with E-state index in [0.717, 1.165) is 16.8 Å². The fourth-order valence-electron chi connectivity index (χ4n) is 1.51. The summed E-state index contributed by atoms with van der Waals surface area (Å²) in [6.07, 6.45) is 2.37. The standard InChI is InChI=1S/C10H12N4S/c1-14-5-8(4-9(11)12)10(13-14)7-2-3-15-6-7/h2-3,5-6H,4H2,1H3,(H3,11,12). The normalized spacial score (nSPS) is 10.5. The Kier molecular flexibility index (Phi) is 2.55. The number of amidine groups is 1. The van der Waals surface area contributed by atoms with E-state index in [1.807, 2.05) is 30.1 Å². The minimum atomic E-state index is 0.166. The van der Waals surface area contributed by atoms with Crippen LogP contribution in [-0.2, 0) is 13.5 Å². The van der Waals surface area contributed by atoms with Gasteiger partial charge in [0, 0.05) is 36.2 Å². The van der Waals surface area contributed by atoms with Crippen LogP contribution in [0.5, 0.6) is 0 Å². The van der Waals surface area contributed by atoms with E-state index in [-0.39, 0.29) is 5.84 Å². The fraction of sp³-hybridized carbons (Fsp3) is 0.200. The SMILES string of the molecule is Cn1cc(CC(=N)N)c(-c2ccsc2)n1. The monoisotopic (exact) mass is 220 g/mol. The van der Waals surface area contributed by atoms with E-state index in [0.29, 0.717) is 6.42 Å². The molecule has 4 nitrogen and oxygen atoms in total. The van der Waals surface area contributed by atoms with Crippen molar-refractivity contribution in [3.8, 4) is 11.3 Å². The number of nitrogens with zero attached hydrogens (tertiary/aromatic N) is 2. The highest BCUT2D eigenvalue weighted by molar-refractivity contribution is 7.08. The maximum absolute atomic E-state index is 7.31. The first-order valence-corrected chi connectivity index (χ1v) is 5.49. The lowest BCUT2D eigenvalue weighted by Gasteiger charge is -1.97. The van der Waals surface area contributed by atoms with Crippen LogP contribution in [0.4, 0.5) is 0 Å². The van der Waals surface area contributed by atoms with Gasteiger partial charge in [-0.05, 0) is 11.4 Å². The Balaban J connectivity index is 2.42. The van der Waals surface area contributed by atoms with Gasteiger partial charge in [-0.1, -0.05) is 0 Å². The summed E-state index contributed by atoms with van der Waals surface area (Å²) in [4.78, 5) is 0. The van der Waals surface area contributed by atoms with Crippen molar-refractivity contribution in [1.82, 2.24) is 9.78 Å². The molecule has 78 valence electrons. The van der Waals surface area contributed by atoms with Crippen LogP contribution in [0.15, 0.2) is 23.0 Å². The second-order valence-corrected chi connectivity index (χ2v) is 4.17. The number of hydrogen-bond acceptors (Lipinski definition) is 3. The highest BCUT2D eigenvalue weighted by atomic mass is 32.1. The molecule has 0 aliphatic heterocycles. The molecule has 0 atom stereocenters. The van der Waals surface area contributed by atoms with Gasteiger partial charge in [-0.25, -0.2) is 0 Å². The van der Waals surface area contributed by atoms with Crippen molar-refractivity contribution < 1.29 is 0 Å². The molecule has 2 aromatic rings. The molecule has 2 rings (SSSR count). The van der Waals surface area contributed by atoms with Gasteiger partial charge in [0.25, 0.3) is 0 Å². The highest BCUT2D eigenvalue weighted by Gasteiger charge is 2.10. The Labute approximate surface area is 91.9 Å². The number of rotatable bonds is 3. The van der Waals surface area contributed by atoms with Crippen molar-refractivity contribution in [3.63, 3.8) is 0 Å². The summed E-state index contributed by atoms with van der Waals surface area (Å²) in [7, 11) is 1.87. The summed E-state index contributed by atoms with van der Waals surface area (Å²) in [5.74, 6) is 0.166. The number of nitrogens with two attached hydrogens (primary N) is 1. The van der Waals surface area contributed by atoms with Gasteiger partial charge in [0.05, 0.1) is 11.5 Å². The average molecular weight is 220 g/mol. The van der Waals surface area contributed by atoms with E-state index in [4.69, 9.17) is 11.1 Å². The van der Waals surface area contributed by atoms with Crippen molar-refractivity contribution in [2.24, 2.45) is 12.8 Å². The summed E-state index contributed by atoms with van der Waals surface area (Å²) in [5, 5.41) is 15.7. The zero-order valence-electron chi connectivity index (χ0n) is 8.40. The Morgan fingerprint density at radius 1 is 1.67 bits per heavy atom. The van der Waals surface area contributed by atoms with Gasteiger partial charge < -0.3 is 5.73 Å². The van der Waals surface area contributed by atoms with E-state index >= 15 is 0 Å². The maximum Gasteiger partial charge on any atom is 0.0967 e. The van der Waals surface area contributed by atoms with E-state index in [2.05, 4.69) is 5.10 Å². The molecular weight excluding hydrogens is 208 g/mol. The highest BCUT2D eigenvalue weighted by Crippen LogP contribution is 2.24. The van der Waals surface area contributed by atoms with Gasteiger partial charge in [-0.2, -0.15) is 16.4 Å². The third kappa shape index (κ3) is 2.07. The third-order valence-corrected chi connectivity index (χ3v) is 2.76. The molecule has 0 amide bonds. The molecule has 0 fully saturated rings. The molecule has 0 bridgehead atoms. The topological polar surface area (TPSA) is 67.7 Å². The molecule has 0 saturated heterocycles. The average Bonchev–Trinajstić information content (AvgIpc) is 2.72. The smallest absolute Gasteiger partial charge is 0.0967 e. The molecule has 0 radical (unpaired) electrons. The van der Waals surface area contributed by atoms with E-state index in [1.165, 1.54) is 0 Å². The second-order valence-electron chi connectivity index (χ2n) is 3.39. The van der Waals surface area contributed by atoms with Crippen LogP contribution in [0, 0.1) is 5.41 Å². The lowest BCUT2D eigenvalue weighted by Crippen LogP contribution is -2.12. The van der Waals surface area contributed by atoms with Crippen LogP contribution in [0.25, 0.3) is 11.3 Å². The molecule has 0 saturated carbocycles. The number of aryl methyl sites for hydroxylation is 1. The predicted octanol–water partition coefficient (Wildman–Crippen LogP) is 1.63. The van der Waals surface area contributed by atoms with Gasteiger partial charge in [0.2, 0.25) is 0 Å². The van der Waals surface area contributed by atoms with Crippen molar-refractivity contribution >= 4 is 17.2 Å². The first-order chi connectivity index (χ1) is 7.16. The van der Waals surface area contributed by atoms with Crippen LogP contribution in [0.2, 0.25) is 0 Å². The van der Waals surface area contributed by atoms with Crippen molar-refractivity contribution in [1.29, 1.82) is 5.41 Å². The van der Waals surface area contributed by atoms with Crippen LogP contribution >= 0.6 is 11.3 Å². The summed E-state index contributed by atoms with van der Waals surface area (Å²) in [6.45, 7) is 0. The molecule has 0 unspecified atom stereocenters. The zero-order chi connectivity index (χ0) is 10.8. The number of nitrogens with one attached hydrogen (secondary N) is 1. The van der Waals surface area contributed by atoms with Crippen molar-refractivity contribution in [2.75, 3.05) is 0 Å². The summed E-state index contributed by atoms with van der Waals surface area (Å²) in [6, 6.07) is 2.02. The molecule has 0 aliphatic rings. The van der Waals surface area contributed by atoms with Crippen LogP contribution < -0.4 is 5.73 Å². The molecular formula is C10H12N4S. The molecule has 3 N–H and O–H groups in total. The predicted molar refractivity (Wildman–Crippen MR) is 62.1 cm³/mol. The minimum absolute atomic E-state index is 0.166. The van der Waals surface area contributed by atoms with Gasteiger partial charge in [-0.3, -0.25) is 10.1 Å². The Morgan fingerprint density at radius 2 is 2.47 bits per heavy atom. The van der Waals surface area contributed by atoms with E-state index in [9.17, 15) is 0 Å². The van der Waals surface area contributed by atoms with Crippen LogP contribution in [-0.4, -0.2) is 15.6 Å². The molecule has 0 aromatic carbocycles. The van der Waals surface area contributed by atoms with Gasteiger partial charge in [0.1, 0.15) is 0 Å². The van der Waals surface area contributed by atoms with Crippen LogP contribution in [0.3, 0.4) is 0 Å². The lowest BCUT2D eigenvalue weighted by molar-refractivity contribution is 0.770. The van der Waals surface area contributed by atoms with Crippen molar-refractivity contribution in [3.05, 3.63) is 28.6 Å². The van der Waals surface area contributed by atoms with Crippen molar-refractivity contribution in [2.45, 2.75) is 6.42 Å². The first-order valence-electron chi connectivity index (χ1n) is 4.55. The quantitative estimate of drug-likeness (QED) is 0.609. The minimum Gasteiger partial charge on any atom is -0.387 e. The lowest BCUT2D eigenvalue weighted by atomic mass is 10.1. The second kappa shape index (κ2) is 3.86. The summed E-state index contributed by atoms with van der Waals surface area (Å²) in [5.41, 5.74) is 8.43. The van der Waals surface area contributed by atoms with Gasteiger partial charge in [-0.15, -0.1) is 0 Å². The molecule has 2 heterocycles. The largest absolute Gasteiger partial charge is 0.387 e. The number of aromatic nitrogens is 2. The molecule has 2 aromatic heterocycles. The Hall–Kier alpha value is -1.62. The Bertz CT molecular complexity index is 470. The fourth-order valence-corrected chi connectivity index (χ4v) is 2.15. The van der Waals surface area contributed by atoms with E-state index < -0.39 is 0 Å². The third-order valence-electron chi connectivity index (χ3n) is 2.08. The van der Waals surface area contributed by atoms with Gasteiger partial charge in [0.15, 0.2) is 0 Å². The first kappa shape index (κ1) is 9.92. The zero-order valence-corrected chi connectivity index (χ0v) is 9.21.